The van der Waals surface area contributed by atoms with E-state index in [1.54, 1.807) is 7.11 Å². The Hall–Kier alpha value is -1.80. The highest BCUT2D eigenvalue weighted by Gasteiger charge is 2.11. The summed E-state index contributed by atoms with van der Waals surface area (Å²) in [4.78, 5) is 0. The zero-order chi connectivity index (χ0) is 12.3. The van der Waals surface area contributed by atoms with Crippen LogP contribution >= 0.6 is 0 Å². The van der Waals surface area contributed by atoms with Crippen molar-refractivity contribution in [2.24, 2.45) is 0 Å². The van der Waals surface area contributed by atoms with E-state index in [4.69, 9.17) is 4.74 Å². The number of hydrogen-bond donors (Lipinski definition) is 1. The standard InChI is InChI=1S/C15H17NO/c1-11-3-5-12(6-4-11)15(16)13-7-9-14(17-2)10-8-13/h3-10,15H,16H2,1-2H3/p+1/t15-/m1/s1. The lowest BCUT2D eigenvalue weighted by Crippen LogP contribution is -2.53. The van der Waals surface area contributed by atoms with Crippen molar-refractivity contribution >= 4 is 0 Å². The summed E-state index contributed by atoms with van der Waals surface area (Å²) in [7, 11) is 1.68. The first-order valence-electron chi connectivity index (χ1n) is 5.74. The first-order chi connectivity index (χ1) is 8.20. The van der Waals surface area contributed by atoms with E-state index in [1.165, 1.54) is 16.7 Å². The molecule has 0 spiro atoms. The lowest BCUT2D eigenvalue weighted by molar-refractivity contribution is -0.411. The van der Waals surface area contributed by atoms with Crippen LogP contribution < -0.4 is 10.5 Å². The highest BCUT2D eigenvalue weighted by molar-refractivity contribution is 5.34. The monoisotopic (exact) mass is 228 g/mol. The predicted molar refractivity (Wildman–Crippen MR) is 68.9 cm³/mol. The Bertz CT molecular complexity index is 473. The van der Waals surface area contributed by atoms with Gasteiger partial charge in [-0.15, -0.1) is 0 Å². The first kappa shape index (κ1) is 11.7. The molecule has 0 radical (unpaired) electrons. The van der Waals surface area contributed by atoms with Crippen LogP contribution in [-0.4, -0.2) is 7.11 Å². The minimum Gasteiger partial charge on any atom is -0.497 e. The van der Waals surface area contributed by atoms with Crippen LogP contribution in [0.25, 0.3) is 0 Å². The maximum absolute atomic E-state index is 5.15. The van der Waals surface area contributed by atoms with E-state index in [-0.39, 0.29) is 6.04 Å². The number of hydrogen-bond acceptors (Lipinski definition) is 1. The Morgan fingerprint density at radius 3 is 1.82 bits per heavy atom. The van der Waals surface area contributed by atoms with Crippen molar-refractivity contribution < 1.29 is 10.5 Å². The van der Waals surface area contributed by atoms with Crippen LogP contribution in [0.3, 0.4) is 0 Å². The van der Waals surface area contributed by atoms with E-state index >= 15 is 0 Å². The molecule has 3 N–H and O–H groups in total. The van der Waals surface area contributed by atoms with Gasteiger partial charge in [0.2, 0.25) is 0 Å². The van der Waals surface area contributed by atoms with Crippen molar-refractivity contribution in [1.29, 1.82) is 0 Å². The normalized spacial score (nSPS) is 12.2. The van der Waals surface area contributed by atoms with Gasteiger partial charge in [-0.25, -0.2) is 0 Å². The second kappa shape index (κ2) is 5.02. The number of ether oxygens (including phenoxy) is 1. The molecule has 1 atom stereocenters. The molecule has 88 valence electrons. The lowest BCUT2D eigenvalue weighted by Gasteiger charge is -2.10. The summed E-state index contributed by atoms with van der Waals surface area (Å²) in [5, 5.41) is 0. The molecule has 0 fully saturated rings. The molecule has 2 heteroatoms. The zero-order valence-electron chi connectivity index (χ0n) is 10.3. The van der Waals surface area contributed by atoms with Crippen LogP contribution in [0.1, 0.15) is 22.7 Å². The second-order valence-electron chi connectivity index (χ2n) is 4.24. The fourth-order valence-electron chi connectivity index (χ4n) is 1.83. The van der Waals surface area contributed by atoms with Gasteiger partial charge in [0.15, 0.2) is 0 Å². The molecule has 0 aromatic heterocycles. The van der Waals surface area contributed by atoms with E-state index in [0.29, 0.717) is 0 Å². The van der Waals surface area contributed by atoms with Gasteiger partial charge in [0, 0.05) is 11.1 Å². The molecular weight excluding hydrogens is 210 g/mol. The number of methoxy groups -OCH3 is 1. The maximum Gasteiger partial charge on any atom is 0.136 e. The molecule has 0 saturated heterocycles. The van der Waals surface area contributed by atoms with E-state index in [9.17, 15) is 0 Å². The van der Waals surface area contributed by atoms with Crippen LogP contribution in [0.5, 0.6) is 5.75 Å². The molecule has 2 aromatic carbocycles. The molecule has 0 aliphatic heterocycles. The Labute approximate surface area is 102 Å². The van der Waals surface area contributed by atoms with Crippen LogP contribution in [0.15, 0.2) is 48.5 Å². The van der Waals surface area contributed by atoms with Crippen LogP contribution in [0, 0.1) is 6.92 Å². The number of quaternary nitrogens is 1. The van der Waals surface area contributed by atoms with Gasteiger partial charge in [-0.3, -0.25) is 0 Å². The Morgan fingerprint density at radius 2 is 1.35 bits per heavy atom. The minimum atomic E-state index is 0.168. The molecule has 0 aliphatic carbocycles. The molecule has 0 amide bonds. The second-order valence-corrected chi connectivity index (χ2v) is 4.24. The van der Waals surface area contributed by atoms with Crippen LogP contribution in [0.4, 0.5) is 0 Å². The first-order valence-corrected chi connectivity index (χ1v) is 5.74. The largest absolute Gasteiger partial charge is 0.497 e. The summed E-state index contributed by atoms with van der Waals surface area (Å²) in [5.41, 5.74) is 7.94. The van der Waals surface area contributed by atoms with Gasteiger partial charge in [0.25, 0.3) is 0 Å². The Balaban J connectivity index is 2.23. The summed E-state index contributed by atoms with van der Waals surface area (Å²) < 4.78 is 5.15. The topological polar surface area (TPSA) is 36.9 Å². The average molecular weight is 228 g/mol. The number of benzene rings is 2. The molecule has 17 heavy (non-hydrogen) atoms. The molecule has 0 unspecified atom stereocenters. The van der Waals surface area contributed by atoms with Gasteiger partial charge < -0.3 is 10.5 Å². The van der Waals surface area contributed by atoms with Crippen molar-refractivity contribution in [2.75, 3.05) is 7.11 Å². The predicted octanol–water partition coefficient (Wildman–Crippen LogP) is 2.33. The third-order valence-electron chi connectivity index (χ3n) is 3.00. The fraction of sp³-hybridized carbons (Fsp3) is 0.200. The van der Waals surface area contributed by atoms with E-state index in [0.717, 1.165) is 5.75 Å². The van der Waals surface area contributed by atoms with E-state index in [2.05, 4.69) is 49.1 Å². The van der Waals surface area contributed by atoms with Crippen molar-refractivity contribution in [3.63, 3.8) is 0 Å². The number of aryl methyl sites for hydroxylation is 1. The SMILES string of the molecule is COc1ccc([C@H]([NH3+])c2ccc(C)cc2)cc1. The minimum absolute atomic E-state index is 0.168. The molecule has 0 bridgehead atoms. The van der Waals surface area contributed by atoms with Crippen molar-refractivity contribution in [1.82, 2.24) is 0 Å². The maximum atomic E-state index is 5.15. The summed E-state index contributed by atoms with van der Waals surface area (Å²) in [6.45, 7) is 2.09. The van der Waals surface area contributed by atoms with Gasteiger partial charge in [-0.1, -0.05) is 29.8 Å². The lowest BCUT2D eigenvalue weighted by atomic mass is 9.99. The molecule has 2 aromatic rings. The Kier molecular flexibility index (Phi) is 3.45. The quantitative estimate of drug-likeness (QED) is 0.860. The summed E-state index contributed by atoms with van der Waals surface area (Å²) in [6.07, 6.45) is 0. The highest BCUT2D eigenvalue weighted by Crippen LogP contribution is 2.20. The van der Waals surface area contributed by atoms with E-state index in [1.807, 2.05) is 12.1 Å². The molecule has 2 nitrogen and oxygen atoms in total. The molecule has 2 rings (SSSR count). The zero-order valence-corrected chi connectivity index (χ0v) is 10.3. The highest BCUT2D eigenvalue weighted by atomic mass is 16.5. The molecule has 0 aliphatic rings. The summed E-state index contributed by atoms with van der Waals surface area (Å²) in [6, 6.07) is 16.8. The van der Waals surface area contributed by atoms with Crippen molar-refractivity contribution in [3.05, 3.63) is 65.2 Å². The van der Waals surface area contributed by atoms with E-state index < -0.39 is 0 Å². The third-order valence-corrected chi connectivity index (χ3v) is 3.00. The smallest absolute Gasteiger partial charge is 0.136 e. The Morgan fingerprint density at radius 1 is 0.882 bits per heavy atom. The van der Waals surface area contributed by atoms with Gasteiger partial charge >= 0.3 is 0 Å². The van der Waals surface area contributed by atoms with Gasteiger partial charge in [-0.05, 0) is 31.2 Å². The molecular formula is C15H18NO+. The van der Waals surface area contributed by atoms with Crippen LogP contribution in [-0.2, 0) is 0 Å². The average Bonchev–Trinajstić information content (AvgIpc) is 2.39. The number of rotatable bonds is 3. The van der Waals surface area contributed by atoms with Crippen molar-refractivity contribution in [3.8, 4) is 5.75 Å². The van der Waals surface area contributed by atoms with Gasteiger partial charge in [0.05, 0.1) is 7.11 Å². The van der Waals surface area contributed by atoms with Gasteiger partial charge in [-0.2, -0.15) is 0 Å². The molecule has 0 saturated carbocycles. The third kappa shape index (κ3) is 2.66. The summed E-state index contributed by atoms with van der Waals surface area (Å²) >= 11 is 0. The van der Waals surface area contributed by atoms with Crippen molar-refractivity contribution in [2.45, 2.75) is 13.0 Å². The summed E-state index contributed by atoms with van der Waals surface area (Å²) in [5.74, 6) is 0.879. The fourth-order valence-corrected chi connectivity index (χ4v) is 1.83. The van der Waals surface area contributed by atoms with Gasteiger partial charge in [0.1, 0.15) is 11.8 Å². The molecule has 0 heterocycles. The van der Waals surface area contributed by atoms with Crippen LogP contribution in [0.2, 0.25) is 0 Å².